The van der Waals surface area contributed by atoms with Crippen LogP contribution in [0.3, 0.4) is 0 Å². The average Bonchev–Trinajstić information content (AvgIpc) is 3.49. The lowest BCUT2D eigenvalue weighted by atomic mass is 9.93. The molecule has 1 aliphatic heterocycles. The number of anilines is 1. The number of carbonyl (C=O) groups excluding carboxylic acids is 2. The van der Waals surface area contributed by atoms with Crippen LogP contribution in [0.2, 0.25) is 0 Å². The third kappa shape index (κ3) is 3.71. The number of rotatable bonds is 5. The quantitative estimate of drug-likeness (QED) is 0.505. The monoisotopic (exact) mass is 440 g/mol. The summed E-state index contributed by atoms with van der Waals surface area (Å²) in [6.07, 6.45) is 1.56. The normalized spacial score (nSPS) is 17.6. The van der Waals surface area contributed by atoms with Gasteiger partial charge in [-0.25, -0.2) is 0 Å². The number of nitrogens with zero attached hydrogens (tertiary/aromatic N) is 3. The fourth-order valence-corrected chi connectivity index (χ4v) is 4.19. The maximum atomic E-state index is 13.7. The Morgan fingerprint density at radius 1 is 1.09 bits per heavy atom. The summed E-state index contributed by atoms with van der Waals surface area (Å²) in [6.45, 7) is 4.35. The van der Waals surface area contributed by atoms with Crippen LogP contribution in [-0.4, -0.2) is 27.1 Å². The molecule has 5 rings (SSSR count). The van der Waals surface area contributed by atoms with E-state index in [2.05, 4.69) is 10.4 Å². The number of amides is 2. The first-order valence-electron chi connectivity index (χ1n) is 10.8. The molecule has 0 aliphatic carbocycles. The van der Waals surface area contributed by atoms with Gasteiger partial charge < -0.3 is 9.73 Å². The Labute approximate surface area is 191 Å². The van der Waals surface area contributed by atoms with Gasteiger partial charge in [-0.3, -0.25) is 19.2 Å². The number of fused-ring (bicyclic) bond motifs is 1. The van der Waals surface area contributed by atoms with Crippen LogP contribution < -0.4 is 10.2 Å². The molecular weight excluding hydrogens is 416 g/mol. The van der Waals surface area contributed by atoms with Crippen LogP contribution in [0.5, 0.6) is 0 Å². The van der Waals surface area contributed by atoms with Crippen LogP contribution >= 0.6 is 0 Å². The van der Waals surface area contributed by atoms with E-state index < -0.39 is 5.54 Å². The topological polar surface area (TPSA) is 80.4 Å². The minimum atomic E-state index is -1.18. The van der Waals surface area contributed by atoms with Crippen molar-refractivity contribution in [2.75, 3.05) is 4.90 Å². The molecule has 0 bridgehead atoms. The molecule has 2 amide bonds. The molecule has 0 saturated carbocycles. The van der Waals surface area contributed by atoms with Crippen LogP contribution in [-0.2, 0) is 17.9 Å². The molecule has 1 aliphatic rings. The molecule has 7 nitrogen and oxygen atoms in total. The molecule has 7 heteroatoms. The SMILES string of the molecule is Cc1ccc(N2C(=O)c3cc(-c4ccco4)nn3CC2(C)C(=O)NCc2ccccc2)cc1. The summed E-state index contributed by atoms with van der Waals surface area (Å²) in [4.78, 5) is 28.9. The van der Waals surface area contributed by atoms with Gasteiger partial charge in [-0.15, -0.1) is 0 Å². The lowest BCUT2D eigenvalue weighted by molar-refractivity contribution is -0.126. The summed E-state index contributed by atoms with van der Waals surface area (Å²) in [5.41, 5.74) is 2.51. The average molecular weight is 441 g/mol. The zero-order valence-electron chi connectivity index (χ0n) is 18.5. The molecule has 0 radical (unpaired) electrons. The third-order valence-electron chi connectivity index (χ3n) is 6.00. The van der Waals surface area contributed by atoms with Crippen LogP contribution in [0.1, 0.15) is 28.5 Å². The molecule has 1 unspecified atom stereocenters. The Kier molecular flexibility index (Phi) is 5.09. The van der Waals surface area contributed by atoms with E-state index in [1.807, 2.05) is 61.5 Å². The fraction of sp³-hybridized carbons (Fsp3) is 0.192. The fourth-order valence-electron chi connectivity index (χ4n) is 4.19. The molecule has 1 atom stereocenters. The van der Waals surface area contributed by atoms with E-state index >= 15 is 0 Å². The number of benzene rings is 2. The summed E-state index contributed by atoms with van der Waals surface area (Å²) in [5.74, 6) is 0.0376. The van der Waals surface area contributed by atoms with E-state index in [4.69, 9.17) is 4.42 Å². The van der Waals surface area contributed by atoms with Crippen LogP contribution in [0, 0.1) is 6.92 Å². The Morgan fingerprint density at radius 2 is 1.85 bits per heavy atom. The number of carbonyl (C=O) groups is 2. The van der Waals surface area contributed by atoms with E-state index in [0.29, 0.717) is 29.4 Å². The molecule has 0 fully saturated rings. The Morgan fingerprint density at radius 3 is 2.55 bits per heavy atom. The number of furan rings is 1. The number of hydrogen-bond donors (Lipinski definition) is 1. The van der Waals surface area contributed by atoms with Gasteiger partial charge in [0.15, 0.2) is 5.76 Å². The van der Waals surface area contributed by atoms with Crippen molar-refractivity contribution in [2.45, 2.75) is 32.5 Å². The van der Waals surface area contributed by atoms with Gasteiger partial charge in [0.25, 0.3) is 5.91 Å². The highest BCUT2D eigenvalue weighted by molar-refractivity contribution is 6.12. The van der Waals surface area contributed by atoms with E-state index in [0.717, 1.165) is 11.1 Å². The van der Waals surface area contributed by atoms with Crippen molar-refractivity contribution in [1.29, 1.82) is 0 Å². The molecule has 2 aromatic heterocycles. The number of hydrogen-bond acceptors (Lipinski definition) is 4. The zero-order valence-corrected chi connectivity index (χ0v) is 18.5. The first-order chi connectivity index (χ1) is 16.0. The molecule has 0 saturated heterocycles. The predicted octanol–water partition coefficient (Wildman–Crippen LogP) is 4.19. The Hall–Kier alpha value is -4.13. The summed E-state index contributed by atoms with van der Waals surface area (Å²) >= 11 is 0. The Bertz CT molecular complexity index is 1290. The lowest BCUT2D eigenvalue weighted by Crippen LogP contribution is -2.64. The second kappa shape index (κ2) is 8.09. The minimum Gasteiger partial charge on any atom is -0.463 e. The summed E-state index contributed by atoms with van der Waals surface area (Å²) in [7, 11) is 0. The van der Waals surface area contributed by atoms with Crippen molar-refractivity contribution in [1.82, 2.24) is 15.1 Å². The highest BCUT2D eigenvalue weighted by Crippen LogP contribution is 2.34. The molecule has 2 aromatic carbocycles. The van der Waals surface area contributed by atoms with E-state index in [-0.39, 0.29) is 18.4 Å². The predicted molar refractivity (Wildman–Crippen MR) is 125 cm³/mol. The van der Waals surface area contributed by atoms with Gasteiger partial charge in [0.1, 0.15) is 16.9 Å². The molecule has 33 heavy (non-hydrogen) atoms. The van der Waals surface area contributed by atoms with E-state index in [1.165, 1.54) is 0 Å². The number of aromatic nitrogens is 2. The number of aryl methyl sites for hydroxylation is 1. The second-order valence-electron chi connectivity index (χ2n) is 8.47. The van der Waals surface area contributed by atoms with Crippen molar-refractivity contribution in [2.24, 2.45) is 0 Å². The molecule has 3 heterocycles. The minimum absolute atomic E-state index is 0.212. The first kappa shape index (κ1) is 20.8. The summed E-state index contributed by atoms with van der Waals surface area (Å²) in [6, 6.07) is 22.6. The Balaban J connectivity index is 1.54. The molecule has 0 spiro atoms. The lowest BCUT2D eigenvalue weighted by Gasteiger charge is -2.43. The second-order valence-corrected chi connectivity index (χ2v) is 8.47. The van der Waals surface area contributed by atoms with E-state index in [9.17, 15) is 9.59 Å². The standard InChI is InChI=1S/C26H24N4O3/c1-18-10-12-20(13-11-18)30-24(31)22-15-21(23-9-6-14-33-23)28-29(22)17-26(30,2)25(32)27-16-19-7-4-3-5-8-19/h3-15H,16-17H2,1-2H3,(H,27,32). The van der Waals surface area contributed by atoms with Crippen LogP contribution in [0.4, 0.5) is 5.69 Å². The van der Waals surface area contributed by atoms with Gasteiger partial charge in [-0.05, 0) is 43.7 Å². The van der Waals surface area contributed by atoms with Crippen molar-refractivity contribution in [3.63, 3.8) is 0 Å². The van der Waals surface area contributed by atoms with Crippen molar-refractivity contribution < 1.29 is 14.0 Å². The van der Waals surface area contributed by atoms with Gasteiger partial charge in [0, 0.05) is 18.3 Å². The van der Waals surface area contributed by atoms with Gasteiger partial charge in [0.05, 0.1) is 12.8 Å². The van der Waals surface area contributed by atoms with Gasteiger partial charge >= 0.3 is 0 Å². The van der Waals surface area contributed by atoms with Crippen molar-refractivity contribution in [3.05, 3.63) is 95.9 Å². The smallest absolute Gasteiger partial charge is 0.277 e. The largest absolute Gasteiger partial charge is 0.463 e. The maximum Gasteiger partial charge on any atom is 0.277 e. The zero-order chi connectivity index (χ0) is 23.0. The van der Waals surface area contributed by atoms with Gasteiger partial charge in [0.2, 0.25) is 5.91 Å². The van der Waals surface area contributed by atoms with Crippen molar-refractivity contribution in [3.8, 4) is 11.5 Å². The molecule has 4 aromatic rings. The maximum absolute atomic E-state index is 13.7. The summed E-state index contributed by atoms with van der Waals surface area (Å²) in [5, 5.41) is 7.59. The van der Waals surface area contributed by atoms with Gasteiger partial charge in [-0.2, -0.15) is 5.10 Å². The molecular formula is C26H24N4O3. The molecule has 166 valence electrons. The number of nitrogens with one attached hydrogen (secondary N) is 1. The van der Waals surface area contributed by atoms with Crippen LogP contribution in [0.15, 0.2) is 83.5 Å². The summed E-state index contributed by atoms with van der Waals surface area (Å²) < 4.78 is 7.07. The van der Waals surface area contributed by atoms with Crippen LogP contribution in [0.25, 0.3) is 11.5 Å². The van der Waals surface area contributed by atoms with Gasteiger partial charge in [-0.1, -0.05) is 48.0 Å². The third-order valence-corrected chi connectivity index (χ3v) is 6.00. The first-order valence-corrected chi connectivity index (χ1v) is 10.8. The highest BCUT2D eigenvalue weighted by Gasteiger charge is 2.48. The van der Waals surface area contributed by atoms with Crippen molar-refractivity contribution >= 4 is 17.5 Å². The molecule has 1 N–H and O–H groups in total. The van der Waals surface area contributed by atoms with E-state index in [1.54, 1.807) is 41.0 Å². The highest BCUT2D eigenvalue weighted by atomic mass is 16.3.